The molecule has 138 valence electrons. The zero-order valence-corrected chi connectivity index (χ0v) is 14.4. The van der Waals surface area contributed by atoms with Crippen LogP contribution >= 0.6 is 0 Å². The zero-order chi connectivity index (χ0) is 18.5. The van der Waals surface area contributed by atoms with Crippen molar-refractivity contribution in [1.29, 1.82) is 0 Å². The van der Waals surface area contributed by atoms with Gasteiger partial charge in [0.05, 0.1) is 6.04 Å². The summed E-state index contributed by atoms with van der Waals surface area (Å²) in [5.74, 6) is -0.960. The number of rotatable bonds is 12. The fourth-order valence-electron chi connectivity index (χ4n) is 1.99. The van der Waals surface area contributed by atoms with Gasteiger partial charge in [0.25, 0.3) is 0 Å². The van der Waals surface area contributed by atoms with Gasteiger partial charge in [-0.2, -0.15) is 0 Å². The van der Waals surface area contributed by atoms with E-state index in [2.05, 4.69) is 16.0 Å². The number of hydrogen-bond acceptors (Lipinski definition) is 6. The van der Waals surface area contributed by atoms with Crippen molar-refractivity contribution >= 4 is 23.5 Å². The average molecular weight is 343 g/mol. The van der Waals surface area contributed by atoms with Gasteiger partial charge in [0.2, 0.25) is 17.7 Å². The van der Waals surface area contributed by atoms with E-state index in [1.165, 1.54) is 0 Å². The van der Waals surface area contributed by atoms with Gasteiger partial charge in [-0.25, -0.2) is 0 Å². The Kier molecular flexibility index (Phi) is 11.4. The fourth-order valence-corrected chi connectivity index (χ4v) is 1.99. The molecule has 9 nitrogen and oxygen atoms in total. The molecule has 0 aromatic carbocycles. The summed E-state index contributed by atoms with van der Waals surface area (Å²) in [6, 6.07) is -0.654. The van der Waals surface area contributed by atoms with E-state index in [0.717, 1.165) is 0 Å². The first kappa shape index (κ1) is 22.0. The van der Waals surface area contributed by atoms with Crippen LogP contribution in [-0.2, 0) is 19.2 Å². The highest BCUT2D eigenvalue weighted by Gasteiger charge is 2.19. The lowest BCUT2D eigenvalue weighted by atomic mass is 10.0. The van der Waals surface area contributed by atoms with E-state index in [9.17, 15) is 19.2 Å². The second-order valence-corrected chi connectivity index (χ2v) is 5.42. The first-order valence-electron chi connectivity index (χ1n) is 8.19. The topological polar surface area (TPSA) is 156 Å². The van der Waals surface area contributed by atoms with Gasteiger partial charge in [-0.05, 0) is 12.8 Å². The minimum atomic E-state index is -0.930. The Bertz CT molecular complexity index is 440. The first-order valence-corrected chi connectivity index (χ1v) is 8.19. The van der Waals surface area contributed by atoms with Crippen LogP contribution in [0.5, 0.6) is 0 Å². The van der Waals surface area contributed by atoms with E-state index in [-0.39, 0.29) is 55.7 Å². The number of nitrogens with two attached hydrogens (primary N) is 2. The molecule has 0 heterocycles. The summed E-state index contributed by atoms with van der Waals surface area (Å²) in [5.41, 5.74) is 10.4. The third-order valence-corrected chi connectivity index (χ3v) is 3.21. The van der Waals surface area contributed by atoms with Gasteiger partial charge < -0.3 is 16.0 Å². The number of amides is 3. The summed E-state index contributed by atoms with van der Waals surface area (Å²) in [5, 5.41) is 7.53. The summed E-state index contributed by atoms with van der Waals surface area (Å²) in [7, 11) is 0. The molecule has 3 amide bonds. The lowest BCUT2D eigenvalue weighted by Gasteiger charge is -2.17. The fraction of sp³-hybridized carbons (Fsp3) is 0.733. The second-order valence-electron chi connectivity index (χ2n) is 5.42. The lowest BCUT2D eigenvalue weighted by molar-refractivity contribution is -0.128. The molecule has 0 saturated carbocycles. The van der Waals surface area contributed by atoms with Crippen molar-refractivity contribution in [3.8, 4) is 0 Å². The molecular weight excluding hydrogens is 314 g/mol. The third-order valence-electron chi connectivity index (χ3n) is 3.21. The number of Topliss-reactive ketones (excluding diaryl/α,β-unsaturated/α-hetero) is 1. The molecule has 1 unspecified atom stereocenters. The van der Waals surface area contributed by atoms with Gasteiger partial charge in [0, 0.05) is 32.2 Å². The lowest BCUT2D eigenvalue weighted by Crippen LogP contribution is -2.48. The maximum absolute atomic E-state index is 11.8. The molecule has 9 heteroatoms. The van der Waals surface area contributed by atoms with Gasteiger partial charge in [-0.1, -0.05) is 13.8 Å². The molecule has 0 spiro atoms. The molecular formula is C15H29N5O4. The van der Waals surface area contributed by atoms with Crippen LogP contribution in [0.25, 0.3) is 0 Å². The summed E-state index contributed by atoms with van der Waals surface area (Å²) >= 11 is 0. The third kappa shape index (κ3) is 10.7. The van der Waals surface area contributed by atoms with E-state index >= 15 is 0 Å². The van der Waals surface area contributed by atoms with Gasteiger partial charge in [0.15, 0.2) is 5.78 Å². The van der Waals surface area contributed by atoms with E-state index in [4.69, 9.17) is 11.5 Å². The Labute approximate surface area is 142 Å². The van der Waals surface area contributed by atoms with E-state index in [1.807, 2.05) is 6.92 Å². The van der Waals surface area contributed by atoms with Gasteiger partial charge in [0.1, 0.15) is 6.29 Å². The van der Waals surface area contributed by atoms with Crippen LogP contribution in [0.2, 0.25) is 0 Å². The minimum absolute atomic E-state index is 0.0567. The van der Waals surface area contributed by atoms with Gasteiger partial charge >= 0.3 is 0 Å². The van der Waals surface area contributed by atoms with Crippen molar-refractivity contribution < 1.29 is 19.2 Å². The molecule has 0 radical (unpaired) electrons. The first-order chi connectivity index (χ1) is 11.3. The molecule has 0 aromatic heterocycles. The number of nitrogens with one attached hydrogen (secondary N) is 3. The number of carbonyl (C=O) groups is 4. The second kappa shape index (κ2) is 12.4. The van der Waals surface area contributed by atoms with Crippen molar-refractivity contribution in [2.24, 2.45) is 11.5 Å². The summed E-state index contributed by atoms with van der Waals surface area (Å²) in [4.78, 5) is 46.5. The van der Waals surface area contributed by atoms with Gasteiger partial charge in [-0.15, -0.1) is 0 Å². The smallest absolute Gasteiger partial charge is 0.223 e. The van der Waals surface area contributed by atoms with Crippen LogP contribution in [0, 0.1) is 0 Å². The van der Waals surface area contributed by atoms with Crippen molar-refractivity contribution in [1.82, 2.24) is 16.0 Å². The molecule has 0 aliphatic heterocycles. The quantitative estimate of drug-likeness (QED) is 0.282. The maximum atomic E-state index is 11.8. The Morgan fingerprint density at radius 2 is 1.50 bits per heavy atom. The van der Waals surface area contributed by atoms with Crippen LogP contribution in [0.1, 0.15) is 52.4 Å². The molecule has 1 atom stereocenters. The highest BCUT2D eigenvalue weighted by atomic mass is 16.2. The van der Waals surface area contributed by atoms with E-state index in [0.29, 0.717) is 12.8 Å². The van der Waals surface area contributed by atoms with Crippen molar-refractivity contribution in [2.75, 3.05) is 6.54 Å². The minimum Gasteiger partial charge on any atom is -0.356 e. The molecule has 0 fully saturated rings. The van der Waals surface area contributed by atoms with Crippen LogP contribution in [0.4, 0.5) is 0 Å². The Morgan fingerprint density at radius 1 is 0.875 bits per heavy atom. The van der Waals surface area contributed by atoms with Crippen molar-refractivity contribution in [2.45, 2.75) is 64.7 Å². The monoisotopic (exact) mass is 343 g/mol. The highest BCUT2D eigenvalue weighted by molar-refractivity contribution is 5.89. The molecule has 0 bridgehead atoms. The Morgan fingerprint density at radius 3 is 2.04 bits per heavy atom. The summed E-state index contributed by atoms with van der Waals surface area (Å²) in [6.45, 7) is 3.73. The summed E-state index contributed by atoms with van der Waals surface area (Å²) < 4.78 is 0. The largest absolute Gasteiger partial charge is 0.356 e. The highest BCUT2D eigenvalue weighted by Crippen LogP contribution is 2.03. The average Bonchev–Trinajstić information content (AvgIpc) is 2.50. The predicted molar refractivity (Wildman–Crippen MR) is 89.3 cm³/mol. The standard InChI is InChI=1S/C15H29N5O4/c1-3-5-13(23)19-10(11(21)4-2)6-7-12(22)18-9-8-14(24)20-15(16)17/h10,15H,3-9,16-17H2,1-2H3,(H,18,22)(H,19,23)(H,20,24). The Hall–Kier alpha value is -2.00. The zero-order valence-electron chi connectivity index (χ0n) is 14.4. The van der Waals surface area contributed by atoms with Crippen LogP contribution in [-0.4, -0.2) is 42.4 Å². The molecule has 0 aliphatic rings. The predicted octanol–water partition coefficient (Wildman–Crippen LogP) is -1.15. The van der Waals surface area contributed by atoms with Crippen LogP contribution in [0.15, 0.2) is 0 Å². The maximum Gasteiger partial charge on any atom is 0.223 e. The SMILES string of the molecule is CCCC(=O)NC(CCC(=O)NCCC(=O)NC(N)N)C(=O)CC. The molecule has 0 aromatic rings. The van der Waals surface area contributed by atoms with Crippen molar-refractivity contribution in [3.63, 3.8) is 0 Å². The van der Waals surface area contributed by atoms with Crippen LogP contribution < -0.4 is 27.4 Å². The van der Waals surface area contributed by atoms with Crippen molar-refractivity contribution in [3.05, 3.63) is 0 Å². The molecule has 0 aliphatic carbocycles. The number of ketones is 1. The molecule has 7 N–H and O–H groups in total. The molecule has 0 rings (SSSR count). The molecule has 24 heavy (non-hydrogen) atoms. The van der Waals surface area contributed by atoms with E-state index in [1.54, 1.807) is 6.92 Å². The normalized spacial score (nSPS) is 11.7. The number of carbonyl (C=O) groups excluding carboxylic acids is 4. The number of hydrogen-bond donors (Lipinski definition) is 5. The van der Waals surface area contributed by atoms with Crippen LogP contribution in [0.3, 0.4) is 0 Å². The van der Waals surface area contributed by atoms with Gasteiger partial charge in [-0.3, -0.25) is 30.6 Å². The Balaban J connectivity index is 4.19. The molecule has 0 saturated heterocycles. The summed E-state index contributed by atoms with van der Waals surface area (Å²) in [6.07, 6.45) is 0.765. The van der Waals surface area contributed by atoms with E-state index < -0.39 is 12.3 Å².